The Hall–Kier alpha value is -0.860. The molecule has 1 aliphatic rings. The molecule has 0 radical (unpaired) electrons. The van der Waals surface area contributed by atoms with Gasteiger partial charge in [-0.15, -0.1) is 0 Å². The Morgan fingerprint density at radius 1 is 1.25 bits per heavy atom. The first-order valence-corrected chi connectivity index (χ1v) is 7.97. The van der Waals surface area contributed by atoms with E-state index in [0.29, 0.717) is 17.0 Å². The van der Waals surface area contributed by atoms with Crippen molar-refractivity contribution in [3.05, 3.63) is 34.9 Å². The highest BCUT2D eigenvalue weighted by Crippen LogP contribution is 2.37. The van der Waals surface area contributed by atoms with Crippen molar-refractivity contribution in [1.82, 2.24) is 4.90 Å². The first kappa shape index (κ1) is 15.5. The van der Waals surface area contributed by atoms with E-state index in [2.05, 4.69) is 18.7 Å². The average molecular weight is 294 g/mol. The van der Waals surface area contributed by atoms with Gasteiger partial charge in [-0.2, -0.15) is 0 Å². The van der Waals surface area contributed by atoms with Crippen molar-refractivity contribution < 1.29 is 4.79 Å². The molecule has 110 valence electrons. The van der Waals surface area contributed by atoms with Crippen molar-refractivity contribution >= 4 is 17.4 Å². The molecular formula is C17H24ClNO. The lowest BCUT2D eigenvalue weighted by Crippen LogP contribution is -2.41. The number of nitrogens with zero attached hydrogens (tertiary/aromatic N) is 1. The number of carbonyl (C=O) groups excluding carboxylic acids is 1. The summed E-state index contributed by atoms with van der Waals surface area (Å²) in [4.78, 5) is 14.5. The molecule has 0 spiro atoms. The summed E-state index contributed by atoms with van der Waals surface area (Å²) in [5, 5.41) is 0.630. The molecule has 0 saturated carbocycles. The summed E-state index contributed by atoms with van der Waals surface area (Å²) in [5.41, 5.74) is 1.23. The molecule has 20 heavy (non-hydrogen) atoms. The minimum Gasteiger partial charge on any atom is -0.296 e. The Morgan fingerprint density at radius 3 is 2.45 bits per heavy atom. The lowest BCUT2D eigenvalue weighted by atomic mass is 9.74. The monoisotopic (exact) mass is 293 g/mol. The van der Waals surface area contributed by atoms with Gasteiger partial charge in [-0.1, -0.05) is 50.4 Å². The second-order valence-electron chi connectivity index (χ2n) is 5.92. The van der Waals surface area contributed by atoms with Crippen LogP contribution in [0.3, 0.4) is 0 Å². The summed E-state index contributed by atoms with van der Waals surface area (Å²) >= 11 is 5.94. The van der Waals surface area contributed by atoms with E-state index in [1.807, 2.05) is 12.1 Å². The third kappa shape index (κ3) is 3.62. The van der Waals surface area contributed by atoms with Crippen LogP contribution < -0.4 is 0 Å². The largest absolute Gasteiger partial charge is 0.296 e. The van der Waals surface area contributed by atoms with Gasteiger partial charge in [0, 0.05) is 10.6 Å². The number of Topliss-reactive ketones (excluding diaryl/α,β-unsaturated/α-hetero) is 1. The molecule has 3 heteroatoms. The minimum absolute atomic E-state index is 0.174. The molecule has 1 fully saturated rings. The van der Waals surface area contributed by atoms with Gasteiger partial charge in [0.1, 0.15) is 0 Å². The van der Waals surface area contributed by atoms with Crippen molar-refractivity contribution in [3.63, 3.8) is 0 Å². The topological polar surface area (TPSA) is 20.3 Å². The van der Waals surface area contributed by atoms with Gasteiger partial charge in [-0.05, 0) is 43.5 Å². The fourth-order valence-electron chi connectivity index (χ4n) is 3.10. The molecular weight excluding hydrogens is 270 g/mol. The zero-order valence-electron chi connectivity index (χ0n) is 12.5. The molecule has 0 amide bonds. The average Bonchev–Trinajstić information content (AvgIpc) is 2.48. The van der Waals surface area contributed by atoms with E-state index in [0.717, 1.165) is 18.7 Å². The molecule has 1 heterocycles. The van der Waals surface area contributed by atoms with Gasteiger partial charge in [0.15, 0.2) is 5.78 Å². The molecule has 0 unspecified atom stereocenters. The lowest BCUT2D eigenvalue weighted by molar-refractivity contribution is 0.0756. The quantitative estimate of drug-likeness (QED) is 0.749. The summed E-state index contributed by atoms with van der Waals surface area (Å²) in [6, 6.07) is 7.25. The Labute approximate surface area is 127 Å². The van der Waals surface area contributed by atoms with Crippen LogP contribution in [0.5, 0.6) is 0 Å². The fraction of sp³-hybridized carbons (Fsp3) is 0.588. The van der Waals surface area contributed by atoms with Gasteiger partial charge < -0.3 is 0 Å². The van der Waals surface area contributed by atoms with Gasteiger partial charge in [0.2, 0.25) is 0 Å². The van der Waals surface area contributed by atoms with Gasteiger partial charge in [-0.25, -0.2) is 0 Å². The maximum Gasteiger partial charge on any atom is 0.176 e. The highest BCUT2D eigenvalue weighted by molar-refractivity contribution is 6.31. The summed E-state index contributed by atoms with van der Waals surface area (Å²) < 4.78 is 0. The van der Waals surface area contributed by atoms with E-state index in [1.54, 1.807) is 12.1 Å². The highest BCUT2D eigenvalue weighted by Gasteiger charge is 2.31. The van der Waals surface area contributed by atoms with Crippen molar-refractivity contribution in [3.8, 4) is 0 Å². The van der Waals surface area contributed by atoms with Crippen LogP contribution in [-0.2, 0) is 0 Å². The van der Waals surface area contributed by atoms with E-state index in [4.69, 9.17) is 11.6 Å². The molecule has 0 aliphatic carbocycles. The molecule has 1 saturated heterocycles. The number of hydrogen-bond acceptors (Lipinski definition) is 2. The minimum atomic E-state index is 0.174. The van der Waals surface area contributed by atoms with Crippen LogP contribution in [0.15, 0.2) is 24.3 Å². The standard InChI is InChI=1S/C17H24ClNO/c1-3-17(4-2)8-10-19(11-9-17)13-16(20)14-6-5-7-15(18)12-14/h5-7,12H,3-4,8-11,13H2,1-2H3. The number of carbonyl (C=O) groups is 1. The lowest BCUT2D eigenvalue weighted by Gasteiger charge is -2.40. The van der Waals surface area contributed by atoms with Gasteiger partial charge in [0.05, 0.1) is 6.54 Å². The third-order valence-electron chi connectivity index (χ3n) is 4.93. The predicted molar refractivity (Wildman–Crippen MR) is 84.5 cm³/mol. The zero-order chi connectivity index (χ0) is 14.6. The number of halogens is 1. The van der Waals surface area contributed by atoms with E-state index in [1.165, 1.54) is 25.7 Å². The van der Waals surface area contributed by atoms with E-state index < -0.39 is 0 Å². The third-order valence-corrected chi connectivity index (χ3v) is 5.17. The molecule has 1 aliphatic heterocycles. The normalized spacial score (nSPS) is 18.9. The number of piperidine rings is 1. The van der Waals surface area contributed by atoms with Crippen LogP contribution in [0.1, 0.15) is 49.9 Å². The number of benzene rings is 1. The molecule has 0 aromatic heterocycles. The summed E-state index contributed by atoms with van der Waals surface area (Å²) in [5.74, 6) is 0.174. The van der Waals surface area contributed by atoms with Crippen LogP contribution in [0.25, 0.3) is 0 Å². The molecule has 2 nitrogen and oxygen atoms in total. The fourth-order valence-corrected chi connectivity index (χ4v) is 3.29. The predicted octanol–water partition coefficient (Wildman–Crippen LogP) is 4.42. The van der Waals surface area contributed by atoms with Crippen molar-refractivity contribution in [2.45, 2.75) is 39.5 Å². The first-order valence-electron chi connectivity index (χ1n) is 7.60. The second-order valence-corrected chi connectivity index (χ2v) is 6.35. The molecule has 0 N–H and O–H groups in total. The summed E-state index contributed by atoms with van der Waals surface area (Å²) in [6.07, 6.45) is 4.92. The molecule has 2 rings (SSSR count). The van der Waals surface area contributed by atoms with Crippen LogP contribution >= 0.6 is 11.6 Å². The van der Waals surface area contributed by atoms with E-state index in [9.17, 15) is 4.79 Å². The van der Waals surface area contributed by atoms with Crippen LogP contribution in [-0.4, -0.2) is 30.3 Å². The Balaban J connectivity index is 1.91. The van der Waals surface area contributed by atoms with Crippen molar-refractivity contribution in [2.75, 3.05) is 19.6 Å². The van der Waals surface area contributed by atoms with E-state index >= 15 is 0 Å². The van der Waals surface area contributed by atoms with Gasteiger partial charge in [-0.3, -0.25) is 9.69 Å². The number of ketones is 1. The molecule has 0 atom stereocenters. The highest BCUT2D eigenvalue weighted by atomic mass is 35.5. The number of hydrogen-bond donors (Lipinski definition) is 0. The SMILES string of the molecule is CCC1(CC)CCN(CC(=O)c2cccc(Cl)c2)CC1. The summed E-state index contributed by atoms with van der Waals surface area (Å²) in [7, 11) is 0. The Morgan fingerprint density at radius 2 is 1.90 bits per heavy atom. The Kier molecular flexibility index (Phi) is 5.22. The first-order chi connectivity index (χ1) is 9.58. The van der Waals surface area contributed by atoms with Crippen LogP contribution in [0.4, 0.5) is 0 Å². The second kappa shape index (κ2) is 6.73. The van der Waals surface area contributed by atoms with Crippen molar-refractivity contribution in [1.29, 1.82) is 0 Å². The maximum absolute atomic E-state index is 12.3. The van der Waals surface area contributed by atoms with Gasteiger partial charge in [0.25, 0.3) is 0 Å². The van der Waals surface area contributed by atoms with Crippen LogP contribution in [0, 0.1) is 5.41 Å². The zero-order valence-corrected chi connectivity index (χ0v) is 13.2. The van der Waals surface area contributed by atoms with Crippen molar-refractivity contribution in [2.24, 2.45) is 5.41 Å². The summed E-state index contributed by atoms with van der Waals surface area (Å²) in [6.45, 7) is 7.17. The number of likely N-dealkylation sites (tertiary alicyclic amines) is 1. The maximum atomic E-state index is 12.3. The number of rotatable bonds is 5. The molecule has 1 aromatic carbocycles. The molecule has 1 aromatic rings. The smallest absolute Gasteiger partial charge is 0.176 e. The Bertz CT molecular complexity index is 458. The van der Waals surface area contributed by atoms with Gasteiger partial charge >= 0.3 is 0 Å². The molecule has 0 bridgehead atoms. The van der Waals surface area contributed by atoms with E-state index in [-0.39, 0.29) is 5.78 Å². The van der Waals surface area contributed by atoms with Crippen LogP contribution in [0.2, 0.25) is 5.02 Å².